The van der Waals surface area contributed by atoms with Gasteiger partial charge < -0.3 is 20.9 Å². The predicted octanol–water partition coefficient (Wildman–Crippen LogP) is 1.49. The molecule has 0 aromatic rings. The van der Waals surface area contributed by atoms with Crippen molar-refractivity contribution < 1.29 is 18.8 Å². The standard InChI is InChI=1S/C6H14NO4P.H3N/c1-3-4-5-11-12(9,10)6(8)7-2;/h3-5H2,1-2H3,(H,7,8)(H,9,10);1H3. The van der Waals surface area contributed by atoms with Crippen molar-refractivity contribution in [3.63, 3.8) is 0 Å². The predicted molar refractivity (Wildman–Crippen MR) is 50.2 cm³/mol. The summed E-state index contributed by atoms with van der Waals surface area (Å²) < 4.78 is 15.5. The number of nitrogens with one attached hydrogen (secondary N) is 1. The van der Waals surface area contributed by atoms with Gasteiger partial charge in [0.25, 0.3) is 0 Å². The van der Waals surface area contributed by atoms with E-state index in [2.05, 4.69) is 9.84 Å². The number of unbranched alkanes of at least 4 members (excludes halogenated alkanes) is 1. The van der Waals surface area contributed by atoms with E-state index in [1.807, 2.05) is 6.92 Å². The average Bonchev–Trinajstić information content (AvgIpc) is 2.03. The number of carbonyl (C=O) groups excluding carboxylic acids is 1. The minimum atomic E-state index is -4.06. The van der Waals surface area contributed by atoms with E-state index in [-0.39, 0.29) is 12.8 Å². The van der Waals surface area contributed by atoms with E-state index in [1.54, 1.807) is 0 Å². The smallest absolute Gasteiger partial charge is 0.349 e. The summed E-state index contributed by atoms with van der Waals surface area (Å²) in [7, 11) is -2.78. The van der Waals surface area contributed by atoms with Gasteiger partial charge in [-0.2, -0.15) is 0 Å². The van der Waals surface area contributed by atoms with Gasteiger partial charge in [0.1, 0.15) is 0 Å². The minimum absolute atomic E-state index is 0. The molecule has 13 heavy (non-hydrogen) atoms. The van der Waals surface area contributed by atoms with Crippen molar-refractivity contribution in [3.8, 4) is 0 Å². The maximum atomic E-state index is 10.9. The second-order valence-electron chi connectivity index (χ2n) is 2.26. The van der Waals surface area contributed by atoms with Crippen molar-refractivity contribution >= 4 is 13.2 Å². The van der Waals surface area contributed by atoms with Crippen LogP contribution < -0.4 is 11.5 Å². The molecule has 0 aliphatic carbocycles. The summed E-state index contributed by atoms with van der Waals surface area (Å²) in [5.74, 6) is 0. The van der Waals surface area contributed by atoms with Crippen LogP contribution >= 0.6 is 7.60 Å². The Kier molecular flexibility index (Phi) is 8.15. The summed E-state index contributed by atoms with van der Waals surface area (Å²) in [6.45, 7) is 2.06. The molecule has 0 aromatic carbocycles. The first-order valence-electron chi connectivity index (χ1n) is 3.74. The summed E-state index contributed by atoms with van der Waals surface area (Å²) in [5, 5.41) is 2.06. The molecule has 0 aliphatic rings. The molecule has 7 heteroatoms. The van der Waals surface area contributed by atoms with E-state index in [4.69, 9.17) is 4.89 Å². The van der Waals surface area contributed by atoms with Gasteiger partial charge in [0.05, 0.1) is 6.61 Å². The van der Waals surface area contributed by atoms with Crippen LogP contribution in [0.15, 0.2) is 0 Å². The SMILES string of the molecule is CCCCOP(=O)(O)C(=O)NC.N. The summed E-state index contributed by atoms with van der Waals surface area (Å²) in [6.07, 6.45) is 1.52. The fourth-order valence-corrected chi connectivity index (χ4v) is 1.31. The Morgan fingerprint density at radius 3 is 2.54 bits per heavy atom. The van der Waals surface area contributed by atoms with E-state index in [0.29, 0.717) is 6.42 Å². The van der Waals surface area contributed by atoms with Crippen molar-refractivity contribution in [2.75, 3.05) is 13.7 Å². The molecule has 0 fully saturated rings. The van der Waals surface area contributed by atoms with E-state index >= 15 is 0 Å². The van der Waals surface area contributed by atoms with Crippen LogP contribution in [0.2, 0.25) is 0 Å². The highest BCUT2D eigenvalue weighted by molar-refractivity contribution is 7.70. The molecule has 0 spiro atoms. The zero-order valence-corrected chi connectivity index (χ0v) is 8.84. The molecule has 0 rings (SSSR count). The Bertz CT molecular complexity index is 197. The average molecular weight is 212 g/mol. The zero-order chi connectivity index (χ0) is 9.61. The minimum Gasteiger partial charge on any atom is -0.349 e. The fraction of sp³-hybridized carbons (Fsp3) is 0.833. The monoisotopic (exact) mass is 212 g/mol. The molecule has 0 radical (unpaired) electrons. The first-order valence-corrected chi connectivity index (χ1v) is 5.32. The van der Waals surface area contributed by atoms with Gasteiger partial charge in [0.15, 0.2) is 0 Å². The summed E-state index contributed by atoms with van der Waals surface area (Å²) in [4.78, 5) is 19.6. The quantitative estimate of drug-likeness (QED) is 0.472. The van der Waals surface area contributed by atoms with Crippen LogP contribution in [0.3, 0.4) is 0 Å². The zero-order valence-electron chi connectivity index (χ0n) is 7.95. The first kappa shape index (κ1) is 15.1. The van der Waals surface area contributed by atoms with Gasteiger partial charge in [-0.05, 0) is 6.42 Å². The highest BCUT2D eigenvalue weighted by Crippen LogP contribution is 2.42. The lowest BCUT2D eigenvalue weighted by Gasteiger charge is -2.08. The van der Waals surface area contributed by atoms with Crippen LogP contribution in [0.5, 0.6) is 0 Å². The number of amides is 1. The Hall–Kier alpha value is -0.420. The highest BCUT2D eigenvalue weighted by Gasteiger charge is 2.28. The van der Waals surface area contributed by atoms with Gasteiger partial charge in [-0.25, -0.2) is 4.57 Å². The normalized spacial score (nSPS) is 14.1. The van der Waals surface area contributed by atoms with Crippen molar-refractivity contribution in [2.45, 2.75) is 19.8 Å². The van der Waals surface area contributed by atoms with Crippen LogP contribution in [0.1, 0.15) is 19.8 Å². The first-order chi connectivity index (χ1) is 5.54. The molecule has 1 atom stereocenters. The topological polar surface area (TPSA) is 111 Å². The molecule has 0 aromatic heterocycles. The van der Waals surface area contributed by atoms with Crippen molar-refractivity contribution in [3.05, 3.63) is 0 Å². The summed E-state index contributed by atoms with van der Waals surface area (Å²) >= 11 is 0. The highest BCUT2D eigenvalue weighted by atomic mass is 31.2. The maximum Gasteiger partial charge on any atom is 0.415 e. The van der Waals surface area contributed by atoms with E-state index in [0.717, 1.165) is 6.42 Å². The van der Waals surface area contributed by atoms with Crippen molar-refractivity contribution in [1.82, 2.24) is 11.5 Å². The molecule has 0 heterocycles. The third kappa shape index (κ3) is 5.76. The molecule has 5 N–H and O–H groups in total. The molecule has 1 unspecified atom stereocenters. The van der Waals surface area contributed by atoms with Gasteiger partial charge in [-0.1, -0.05) is 13.3 Å². The van der Waals surface area contributed by atoms with Crippen molar-refractivity contribution in [1.29, 1.82) is 0 Å². The van der Waals surface area contributed by atoms with Crippen LogP contribution in [-0.4, -0.2) is 24.2 Å². The Labute approximate surface area is 77.8 Å². The number of carbonyl (C=O) groups is 1. The van der Waals surface area contributed by atoms with Crippen LogP contribution in [-0.2, 0) is 9.09 Å². The molecule has 0 aliphatic heterocycles. The summed E-state index contributed by atoms with van der Waals surface area (Å²) in [6, 6.07) is 0. The maximum absolute atomic E-state index is 10.9. The lowest BCUT2D eigenvalue weighted by molar-refractivity contribution is 0.229. The van der Waals surface area contributed by atoms with Gasteiger partial charge >= 0.3 is 13.2 Å². The van der Waals surface area contributed by atoms with Crippen molar-refractivity contribution in [2.24, 2.45) is 0 Å². The molecule has 80 valence electrons. The second-order valence-corrected chi connectivity index (χ2v) is 3.97. The number of hydrogen-bond acceptors (Lipinski definition) is 4. The molecule has 0 bridgehead atoms. The van der Waals surface area contributed by atoms with Crippen LogP contribution in [0.25, 0.3) is 0 Å². The Balaban J connectivity index is 0. The Morgan fingerprint density at radius 2 is 2.15 bits per heavy atom. The van der Waals surface area contributed by atoms with Crippen LogP contribution in [0.4, 0.5) is 4.79 Å². The van der Waals surface area contributed by atoms with Gasteiger partial charge in [-0.15, -0.1) is 0 Å². The molecule has 1 amide bonds. The van der Waals surface area contributed by atoms with Gasteiger partial charge in [0.2, 0.25) is 0 Å². The molecule has 6 nitrogen and oxygen atoms in total. The van der Waals surface area contributed by atoms with Gasteiger partial charge in [-0.3, -0.25) is 4.79 Å². The molecular weight excluding hydrogens is 195 g/mol. The Morgan fingerprint density at radius 1 is 1.62 bits per heavy atom. The lowest BCUT2D eigenvalue weighted by Crippen LogP contribution is -2.17. The fourth-order valence-electron chi connectivity index (χ4n) is 0.533. The molecule has 0 saturated carbocycles. The summed E-state index contributed by atoms with van der Waals surface area (Å²) in [5.41, 5.74) is -0.960. The molecule has 0 saturated heterocycles. The third-order valence-corrected chi connectivity index (χ3v) is 2.50. The van der Waals surface area contributed by atoms with E-state index in [1.165, 1.54) is 7.05 Å². The van der Waals surface area contributed by atoms with Gasteiger partial charge in [0, 0.05) is 7.05 Å². The van der Waals surface area contributed by atoms with E-state index < -0.39 is 13.2 Å². The number of hydrogen-bond donors (Lipinski definition) is 3. The number of rotatable bonds is 5. The van der Waals surface area contributed by atoms with Crippen LogP contribution in [0, 0.1) is 0 Å². The third-order valence-electron chi connectivity index (χ3n) is 1.23. The largest absolute Gasteiger partial charge is 0.415 e. The van der Waals surface area contributed by atoms with E-state index in [9.17, 15) is 9.36 Å². The second kappa shape index (κ2) is 7.03. The lowest BCUT2D eigenvalue weighted by atomic mass is 10.4. The molecular formula is C6H17N2O4P.